The largest absolute Gasteiger partial charge is 0.461 e. The van der Waals surface area contributed by atoms with Crippen molar-refractivity contribution in [3.05, 3.63) is 47.2 Å². The molecule has 0 radical (unpaired) electrons. The van der Waals surface area contributed by atoms with Gasteiger partial charge in [0, 0.05) is 23.8 Å². The van der Waals surface area contributed by atoms with Gasteiger partial charge in [-0.2, -0.15) is 0 Å². The smallest absolute Gasteiger partial charge is 0.334 e. The minimum absolute atomic E-state index is 0.0814. The molecule has 1 aliphatic rings. The lowest BCUT2D eigenvalue weighted by molar-refractivity contribution is -0.160. The zero-order valence-corrected chi connectivity index (χ0v) is 20.7. The van der Waals surface area contributed by atoms with Gasteiger partial charge in [0.2, 0.25) is 0 Å². The minimum Gasteiger partial charge on any atom is -0.461 e. The predicted octanol–water partition coefficient (Wildman–Crippen LogP) is 6.70. The summed E-state index contributed by atoms with van der Waals surface area (Å²) in [5, 5.41) is 1.03. The number of hydrogen-bond acceptors (Lipinski definition) is 5. The standard InChI is InChI=1S/C28H38O5/c1-6-8-20(9-7-2)11-12-21-15-24(33-26(21)29)18-31-27(30)28(4,5)17-23-16-22-14-19(3)10-13-25(22)32-23/h10,12-14,16,20,24H,6-9,11,15,17-18H2,1-5H3/b21-12+. The highest BCUT2D eigenvalue weighted by Gasteiger charge is 2.34. The van der Waals surface area contributed by atoms with Crippen molar-refractivity contribution in [3.8, 4) is 0 Å². The molecule has 1 aromatic carbocycles. The maximum atomic E-state index is 12.8. The zero-order valence-electron chi connectivity index (χ0n) is 20.7. The third-order valence-electron chi connectivity index (χ3n) is 6.37. The molecule has 1 unspecified atom stereocenters. The molecule has 2 aromatic rings. The topological polar surface area (TPSA) is 65.7 Å². The summed E-state index contributed by atoms with van der Waals surface area (Å²) in [5.41, 5.74) is 1.94. The van der Waals surface area contributed by atoms with Crippen LogP contribution in [0.1, 0.15) is 77.5 Å². The summed E-state index contributed by atoms with van der Waals surface area (Å²) in [6, 6.07) is 8.01. The lowest BCUT2D eigenvalue weighted by Gasteiger charge is -2.22. The Morgan fingerprint density at radius 1 is 1.21 bits per heavy atom. The van der Waals surface area contributed by atoms with E-state index in [0.717, 1.165) is 36.0 Å². The van der Waals surface area contributed by atoms with Crippen LogP contribution in [0.5, 0.6) is 0 Å². The fourth-order valence-corrected chi connectivity index (χ4v) is 4.54. The molecular formula is C28H38O5. The normalized spacial score (nSPS) is 17.8. The van der Waals surface area contributed by atoms with E-state index in [0.29, 0.717) is 24.3 Å². The molecule has 1 aliphatic heterocycles. The van der Waals surface area contributed by atoms with Crippen LogP contribution in [0.15, 0.2) is 40.3 Å². The molecule has 1 aromatic heterocycles. The molecule has 0 bridgehead atoms. The van der Waals surface area contributed by atoms with E-state index in [1.807, 2.05) is 45.0 Å². The fraction of sp³-hybridized carbons (Fsp3) is 0.571. The molecule has 5 nitrogen and oxygen atoms in total. The van der Waals surface area contributed by atoms with Gasteiger partial charge in [-0.1, -0.05) is 57.2 Å². The second-order valence-corrected chi connectivity index (χ2v) is 10.1. The van der Waals surface area contributed by atoms with Crippen molar-refractivity contribution in [2.24, 2.45) is 11.3 Å². The fourth-order valence-electron chi connectivity index (χ4n) is 4.54. The lowest BCUT2D eigenvalue weighted by Crippen LogP contribution is -2.31. The molecule has 0 amide bonds. The predicted molar refractivity (Wildman–Crippen MR) is 130 cm³/mol. The number of benzene rings is 1. The molecule has 1 fully saturated rings. The first-order valence-corrected chi connectivity index (χ1v) is 12.3. The molecule has 0 spiro atoms. The lowest BCUT2D eigenvalue weighted by atomic mass is 9.88. The summed E-state index contributed by atoms with van der Waals surface area (Å²) in [6.45, 7) is 10.2. The van der Waals surface area contributed by atoms with Crippen LogP contribution in [0, 0.1) is 18.3 Å². The van der Waals surface area contributed by atoms with E-state index in [4.69, 9.17) is 13.9 Å². The van der Waals surface area contributed by atoms with E-state index in [-0.39, 0.29) is 18.5 Å². The van der Waals surface area contributed by atoms with Crippen molar-refractivity contribution < 1.29 is 23.5 Å². The molecule has 0 saturated carbocycles. The van der Waals surface area contributed by atoms with Crippen molar-refractivity contribution in [1.29, 1.82) is 0 Å². The van der Waals surface area contributed by atoms with Crippen LogP contribution in [0.2, 0.25) is 0 Å². The number of fused-ring (bicyclic) bond motifs is 1. The number of furan rings is 1. The number of esters is 2. The average Bonchev–Trinajstić information content (AvgIpc) is 3.31. The van der Waals surface area contributed by atoms with E-state index in [1.54, 1.807) is 0 Å². The average molecular weight is 455 g/mol. The first-order chi connectivity index (χ1) is 15.7. The molecule has 3 rings (SSSR count). The Balaban J connectivity index is 1.52. The molecule has 180 valence electrons. The highest BCUT2D eigenvalue weighted by atomic mass is 16.6. The quantitative estimate of drug-likeness (QED) is 0.279. The molecule has 0 aliphatic carbocycles. The zero-order chi connectivity index (χ0) is 24.0. The van der Waals surface area contributed by atoms with Gasteiger partial charge < -0.3 is 13.9 Å². The van der Waals surface area contributed by atoms with Crippen molar-refractivity contribution in [1.82, 2.24) is 0 Å². The third-order valence-corrected chi connectivity index (χ3v) is 6.37. The van der Waals surface area contributed by atoms with Crippen LogP contribution in [0.4, 0.5) is 0 Å². The Labute approximate surface area is 197 Å². The Hall–Kier alpha value is -2.56. The van der Waals surface area contributed by atoms with E-state index in [2.05, 4.69) is 19.9 Å². The van der Waals surface area contributed by atoms with Crippen LogP contribution in [0.25, 0.3) is 11.0 Å². The number of aryl methyl sites for hydroxylation is 1. The van der Waals surface area contributed by atoms with E-state index < -0.39 is 11.5 Å². The van der Waals surface area contributed by atoms with Crippen LogP contribution in [-0.2, 0) is 25.5 Å². The number of ether oxygens (including phenoxy) is 2. The number of allylic oxidation sites excluding steroid dienone is 1. The van der Waals surface area contributed by atoms with Crippen LogP contribution < -0.4 is 0 Å². The van der Waals surface area contributed by atoms with Crippen molar-refractivity contribution >= 4 is 22.9 Å². The monoisotopic (exact) mass is 454 g/mol. The SMILES string of the molecule is CCCC(C/C=C1\CC(COC(=O)C(C)(C)Cc2cc3cc(C)ccc3o2)OC1=O)CCC. The summed E-state index contributed by atoms with van der Waals surface area (Å²) in [5.74, 6) is 0.766. The van der Waals surface area contributed by atoms with E-state index in [9.17, 15) is 9.59 Å². The van der Waals surface area contributed by atoms with Gasteiger partial charge in [0.05, 0.1) is 5.41 Å². The highest BCUT2D eigenvalue weighted by Crippen LogP contribution is 2.30. The number of cyclic esters (lactones) is 1. The second kappa shape index (κ2) is 11.0. The highest BCUT2D eigenvalue weighted by molar-refractivity contribution is 5.90. The van der Waals surface area contributed by atoms with Crippen LogP contribution in [0.3, 0.4) is 0 Å². The van der Waals surface area contributed by atoms with Crippen LogP contribution in [-0.4, -0.2) is 24.6 Å². The van der Waals surface area contributed by atoms with Crippen molar-refractivity contribution in [3.63, 3.8) is 0 Å². The van der Waals surface area contributed by atoms with Gasteiger partial charge in [-0.3, -0.25) is 4.79 Å². The summed E-state index contributed by atoms with van der Waals surface area (Å²) < 4.78 is 16.9. The molecule has 0 N–H and O–H groups in total. The Morgan fingerprint density at radius 2 is 1.94 bits per heavy atom. The number of carbonyl (C=O) groups is 2. The first-order valence-electron chi connectivity index (χ1n) is 12.3. The Bertz CT molecular complexity index is 991. The van der Waals surface area contributed by atoms with Gasteiger partial charge in [0.25, 0.3) is 0 Å². The minimum atomic E-state index is -0.752. The maximum Gasteiger partial charge on any atom is 0.334 e. The Kier molecular flexibility index (Phi) is 8.39. The van der Waals surface area contributed by atoms with Crippen molar-refractivity contribution in [2.75, 3.05) is 6.61 Å². The summed E-state index contributed by atoms with van der Waals surface area (Å²) in [7, 11) is 0. The van der Waals surface area contributed by atoms with Crippen LogP contribution >= 0.6 is 0 Å². The number of carbonyl (C=O) groups excluding carboxylic acids is 2. The van der Waals surface area contributed by atoms with Gasteiger partial charge in [0.1, 0.15) is 24.1 Å². The molecule has 33 heavy (non-hydrogen) atoms. The number of rotatable bonds is 11. The van der Waals surface area contributed by atoms with Gasteiger partial charge >= 0.3 is 11.9 Å². The summed E-state index contributed by atoms with van der Waals surface area (Å²) >= 11 is 0. The van der Waals surface area contributed by atoms with Gasteiger partial charge in [-0.05, 0) is 51.3 Å². The molecule has 2 heterocycles. The number of hydrogen-bond donors (Lipinski definition) is 0. The van der Waals surface area contributed by atoms with Gasteiger partial charge in [-0.15, -0.1) is 0 Å². The van der Waals surface area contributed by atoms with E-state index in [1.165, 1.54) is 18.4 Å². The Morgan fingerprint density at radius 3 is 2.64 bits per heavy atom. The molecule has 1 saturated heterocycles. The third kappa shape index (κ3) is 6.72. The summed E-state index contributed by atoms with van der Waals surface area (Å²) in [4.78, 5) is 25.1. The van der Waals surface area contributed by atoms with Gasteiger partial charge in [-0.25, -0.2) is 4.79 Å². The summed E-state index contributed by atoms with van der Waals surface area (Å²) in [6.07, 6.45) is 8.12. The van der Waals surface area contributed by atoms with Crippen molar-refractivity contribution in [2.45, 2.75) is 85.7 Å². The maximum absolute atomic E-state index is 12.8. The molecular weight excluding hydrogens is 416 g/mol. The molecule has 5 heteroatoms. The first kappa shape index (κ1) is 25.1. The second-order valence-electron chi connectivity index (χ2n) is 10.1. The molecule has 1 atom stereocenters. The van der Waals surface area contributed by atoms with E-state index >= 15 is 0 Å². The van der Waals surface area contributed by atoms with Gasteiger partial charge in [0.15, 0.2) is 0 Å².